The number of halogens is 1. The van der Waals surface area contributed by atoms with Crippen LogP contribution in [0, 0.1) is 5.82 Å². The molecule has 1 aliphatic rings. The summed E-state index contributed by atoms with van der Waals surface area (Å²) in [5.41, 5.74) is 0.951. The molecule has 1 saturated heterocycles. The van der Waals surface area contributed by atoms with Crippen LogP contribution in [0.5, 0.6) is 0 Å². The van der Waals surface area contributed by atoms with Crippen molar-refractivity contribution < 1.29 is 9.18 Å². The van der Waals surface area contributed by atoms with Gasteiger partial charge in [-0.15, -0.1) is 0 Å². The van der Waals surface area contributed by atoms with Crippen LogP contribution < -0.4 is 5.32 Å². The van der Waals surface area contributed by atoms with E-state index in [4.69, 9.17) is 0 Å². The number of carbonyl (C=O) groups excluding carboxylic acids is 1. The Kier molecular flexibility index (Phi) is 5.12. The maximum Gasteiger partial charge on any atom is 0.241 e. The number of carbonyl (C=O) groups is 1. The molecular weight excluding hydrogens is 255 g/mol. The first-order valence-corrected chi connectivity index (χ1v) is 7.49. The van der Waals surface area contributed by atoms with E-state index in [0.717, 1.165) is 37.8 Å². The molecule has 1 aromatic rings. The molecule has 1 heterocycles. The second-order valence-electron chi connectivity index (χ2n) is 5.35. The van der Waals surface area contributed by atoms with Crippen molar-refractivity contribution >= 4 is 5.91 Å². The zero-order valence-electron chi connectivity index (χ0n) is 12.2. The Labute approximate surface area is 120 Å². The number of rotatable bonds is 6. The summed E-state index contributed by atoms with van der Waals surface area (Å²) in [6.07, 6.45) is 3.80. The van der Waals surface area contributed by atoms with Gasteiger partial charge in [0.05, 0.1) is 6.04 Å². The number of hydrogen-bond donors (Lipinski definition) is 1. The average molecular weight is 278 g/mol. The average Bonchev–Trinajstić information content (AvgIpc) is 2.75. The van der Waals surface area contributed by atoms with Crippen molar-refractivity contribution in [3.8, 4) is 0 Å². The molecule has 0 aliphatic carbocycles. The summed E-state index contributed by atoms with van der Waals surface area (Å²) in [6, 6.07) is 6.31. The van der Waals surface area contributed by atoms with Gasteiger partial charge in [0.15, 0.2) is 0 Å². The fourth-order valence-electron chi connectivity index (χ4n) is 2.70. The Morgan fingerprint density at radius 3 is 2.50 bits per heavy atom. The predicted octanol–water partition coefficient (Wildman–Crippen LogP) is 3.22. The molecule has 3 nitrogen and oxygen atoms in total. The first-order valence-electron chi connectivity index (χ1n) is 7.49. The summed E-state index contributed by atoms with van der Waals surface area (Å²) in [4.78, 5) is 14.3. The highest BCUT2D eigenvalue weighted by molar-refractivity contribution is 5.84. The molecular formula is C16H23FN2O. The zero-order valence-corrected chi connectivity index (χ0v) is 12.2. The smallest absolute Gasteiger partial charge is 0.241 e. The lowest BCUT2D eigenvalue weighted by Gasteiger charge is -2.24. The van der Waals surface area contributed by atoms with Gasteiger partial charge in [0.25, 0.3) is 0 Å². The lowest BCUT2D eigenvalue weighted by Crippen LogP contribution is -2.31. The third-order valence-corrected chi connectivity index (χ3v) is 3.75. The monoisotopic (exact) mass is 278 g/mol. The molecule has 0 saturated carbocycles. The van der Waals surface area contributed by atoms with Crippen LogP contribution in [0.25, 0.3) is 0 Å². The van der Waals surface area contributed by atoms with Crippen LogP contribution in [-0.4, -0.2) is 23.4 Å². The minimum absolute atomic E-state index is 0.100. The van der Waals surface area contributed by atoms with E-state index < -0.39 is 0 Å². The molecule has 4 heteroatoms. The van der Waals surface area contributed by atoms with E-state index in [1.165, 1.54) is 12.1 Å². The second kappa shape index (κ2) is 6.84. The minimum Gasteiger partial charge on any atom is -0.322 e. The fraction of sp³-hybridized carbons (Fsp3) is 0.562. The standard InChI is InChI=1S/C16H23FN2O/c1-3-5-6-14-16(20)19(11-4-2)15(18-14)12-7-9-13(17)10-8-12/h7-10,14-15,18H,3-6,11H2,1-2H3. The molecule has 0 aromatic heterocycles. The number of nitrogens with zero attached hydrogens (tertiary/aromatic N) is 1. The Hall–Kier alpha value is -1.42. The third-order valence-electron chi connectivity index (χ3n) is 3.75. The number of unbranched alkanes of at least 4 members (excludes halogenated alkanes) is 1. The first-order chi connectivity index (χ1) is 9.67. The van der Waals surface area contributed by atoms with E-state index in [0.29, 0.717) is 0 Å². The highest BCUT2D eigenvalue weighted by atomic mass is 19.1. The Balaban J connectivity index is 2.17. The number of benzene rings is 1. The second-order valence-corrected chi connectivity index (χ2v) is 5.35. The number of hydrogen-bond acceptors (Lipinski definition) is 2. The van der Waals surface area contributed by atoms with Crippen LogP contribution in [0.15, 0.2) is 24.3 Å². The summed E-state index contributed by atoms with van der Waals surface area (Å²) in [6.45, 7) is 4.92. The van der Waals surface area contributed by atoms with Crippen LogP contribution >= 0.6 is 0 Å². The van der Waals surface area contributed by atoms with Gasteiger partial charge in [0.2, 0.25) is 5.91 Å². The zero-order chi connectivity index (χ0) is 14.5. The van der Waals surface area contributed by atoms with Gasteiger partial charge in [-0.05, 0) is 30.5 Å². The molecule has 110 valence electrons. The molecule has 2 rings (SSSR count). The third kappa shape index (κ3) is 3.18. The van der Waals surface area contributed by atoms with Gasteiger partial charge < -0.3 is 4.90 Å². The molecule has 1 fully saturated rings. The van der Waals surface area contributed by atoms with E-state index in [1.807, 2.05) is 4.90 Å². The first kappa shape index (κ1) is 15.0. The maximum absolute atomic E-state index is 13.0. The Morgan fingerprint density at radius 2 is 1.90 bits per heavy atom. The van der Waals surface area contributed by atoms with Gasteiger partial charge in [-0.3, -0.25) is 10.1 Å². The molecule has 2 atom stereocenters. The lowest BCUT2D eigenvalue weighted by molar-refractivity contribution is -0.130. The van der Waals surface area contributed by atoms with Crippen molar-refractivity contribution in [1.29, 1.82) is 0 Å². The van der Waals surface area contributed by atoms with E-state index >= 15 is 0 Å². The van der Waals surface area contributed by atoms with E-state index in [9.17, 15) is 9.18 Å². The van der Waals surface area contributed by atoms with Gasteiger partial charge in [0, 0.05) is 6.54 Å². The van der Waals surface area contributed by atoms with Gasteiger partial charge in [-0.2, -0.15) is 0 Å². The molecule has 1 aliphatic heterocycles. The van der Waals surface area contributed by atoms with Gasteiger partial charge in [-0.1, -0.05) is 38.8 Å². The Bertz CT molecular complexity index is 446. The summed E-state index contributed by atoms with van der Waals surface area (Å²) >= 11 is 0. The molecule has 1 amide bonds. The fourth-order valence-corrected chi connectivity index (χ4v) is 2.70. The quantitative estimate of drug-likeness (QED) is 0.866. The van der Waals surface area contributed by atoms with Crippen molar-refractivity contribution in [3.63, 3.8) is 0 Å². The van der Waals surface area contributed by atoms with Crippen LogP contribution in [0.1, 0.15) is 51.3 Å². The van der Waals surface area contributed by atoms with Gasteiger partial charge in [-0.25, -0.2) is 4.39 Å². The summed E-state index contributed by atoms with van der Waals surface area (Å²) in [7, 11) is 0. The molecule has 0 spiro atoms. The van der Waals surface area contributed by atoms with Crippen LogP contribution in [0.4, 0.5) is 4.39 Å². The van der Waals surface area contributed by atoms with E-state index in [1.54, 1.807) is 12.1 Å². The highest BCUT2D eigenvalue weighted by Gasteiger charge is 2.38. The predicted molar refractivity (Wildman–Crippen MR) is 77.6 cm³/mol. The topological polar surface area (TPSA) is 32.3 Å². The molecule has 1 N–H and O–H groups in total. The van der Waals surface area contributed by atoms with Crippen molar-refractivity contribution in [2.45, 2.75) is 51.7 Å². The van der Waals surface area contributed by atoms with Crippen molar-refractivity contribution in [2.24, 2.45) is 0 Å². The molecule has 0 bridgehead atoms. The minimum atomic E-state index is -0.248. The largest absolute Gasteiger partial charge is 0.322 e. The summed E-state index contributed by atoms with van der Waals surface area (Å²) < 4.78 is 13.0. The molecule has 0 radical (unpaired) electrons. The SMILES string of the molecule is CCCCC1NC(c2ccc(F)cc2)N(CCC)C1=O. The summed E-state index contributed by atoms with van der Waals surface area (Å²) in [5, 5.41) is 3.40. The van der Waals surface area contributed by atoms with E-state index in [-0.39, 0.29) is 23.9 Å². The lowest BCUT2D eigenvalue weighted by atomic mass is 10.1. The number of nitrogens with one attached hydrogen (secondary N) is 1. The van der Waals surface area contributed by atoms with Crippen molar-refractivity contribution in [2.75, 3.05) is 6.54 Å². The highest BCUT2D eigenvalue weighted by Crippen LogP contribution is 2.27. The van der Waals surface area contributed by atoms with Crippen molar-refractivity contribution in [3.05, 3.63) is 35.6 Å². The van der Waals surface area contributed by atoms with Crippen LogP contribution in [-0.2, 0) is 4.79 Å². The van der Waals surface area contributed by atoms with Crippen LogP contribution in [0.3, 0.4) is 0 Å². The van der Waals surface area contributed by atoms with Gasteiger partial charge >= 0.3 is 0 Å². The molecule has 20 heavy (non-hydrogen) atoms. The van der Waals surface area contributed by atoms with Crippen LogP contribution in [0.2, 0.25) is 0 Å². The van der Waals surface area contributed by atoms with E-state index in [2.05, 4.69) is 19.2 Å². The molecule has 2 unspecified atom stereocenters. The Morgan fingerprint density at radius 1 is 1.20 bits per heavy atom. The number of amides is 1. The summed E-state index contributed by atoms with van der Waals surface area (Å²) in [5.74, 6) is -0.0720. The maximum atomic E-state index is 13.0. The molecule has 1 aromatic carbocycles. The van der Waals surface area contributed by atoms with Gasteiger partial charge in [0.1, 0.15) is 12.0 Å². The normalized spacial score (nSPS) is 22.6. The van der Waals surface area contributed by atoms with Crippen molar-refractivity contribution in [1.82, 2.24) is 10.2 Å².